The first-order valence-corrected chi connectivity index (χ1v) is 9.75. The number of nitrogens with zero attached hydrogens (tertiary/aromatic N) is 1. The number of nitriles is 1. The van der Waals surface area contributed by atoms with E-state index in [4.69, 9.17) is 19.5 Å². The summed E-state index contributed by atoms with van der Waals surface area (Å²) >= 11 is 4.62. The van der Waals surface area contributed by atoms with Crippen LogP contribution in [-0.4, -0.2) is 38.5 Å². The molecule has 1 N–H and O–H groups in total. The van der Waals surface area contributed by atoms with Crippen molar-refractivity contribution in [2.45, 2.75) is 4.90 Å². The van der Waals surface area contributed by atoms with Crippen molar-refractivity contribution >= 4 is 45.3 Å². The lowest BCUT2D eigenvalue weighted by molar-refractivity contribution is -0.119. The number of anilines is 1. The molecule has 0 aliphatic rings. The molecule has 0 aliphatic heterocycles. The Hall–Kier alpha value is -2.70. The Labute approximate surface area is 175 Å². The average Bonchev–Trinajstić information content (AvgIpc) is 2.71. The largest absolute Gasteiger partial charge is 0.495 e. The van der Waals surface area contributed by atoms with Crippen molar-refractivity contribution < 1.29 is 23.8 Å². The number of rotatable bonds is 8. The van der Waals surface area contributed by atoms with Crippen molar-refractivity contribution in [3.8, 4) is 17.6 Å². The van der Waals surface area contributed by atoms with Gasteiger partial charge in [-0.3, -0.25) is 4.79 Å². The third-order valence-corrected chi connectivity index (χ3v) is 5.19. The van der Waals surface area contributed by atoms with Crippen molar-refractivity contribution in [2.24, 2.45) is 0 Å². The van der Waals surface area contributed by atoms with Crippen molar-refractivity contribution in [3.05, 3.63) is 46.4 Å². The van der Waals surface area contributed by atoms with Gasteiger partial charge >= 0.3 is 5.97 Å². The SMILES string of the molecule is COc1cc(C(=O)OCC(=O)Nc2ccccc2SCC#N)cc(OC)c1Br. The van der Waals surface area contributed by atoms with Gasteiger partial charge in [-0.05, 0) is 40.2 Å². The standard InChI is InChI=1S/C19H17BrN2O5S/c1-25-14-9-12(10-15(26-2)18(14)20)19(24)27-11-17(23)22-13-5-3-4-6-16(13)28-8-7-21/h3-6,9-10H,8,11H2,1-2H3,(H,22,23). The number of thioether (sulfide) groups is 1. The Kier molecular flexibility index (Phi) is 8.17. The second-order valence-electron chi connectivity index (χ2n) is 5.26. The summed E-state index contributed by atoms with van der Waals surface area (Å²) < 4.78 is 16.0. The first-order chi connectivity index (χ1) is 13.5. The average molecular weight is 465 g/mol. The molecule has 0 aromatic heterocycles. The van der Waals surface area contributed by atoms with Crippen molar-refractivity contribution in [2.75, 3.05) is 31.9 Å². The van der Waals surface area contributed by atoms with Crippen LogP contribution in [0.4, 0.5) is 5.69 Å². The Morgan fingerprint density at radius 1 is 1.18 bits per heavy atom. The summed E-state index contributed by atoms with van der Waals surface area (Å²) in [5.41, 5.74) is 0.741. The van der Waals surface area contributed by atoms with Gasteiger partial charge in [0.25, 0.3) is 5.91 Å². The Bertz CT molecular complexity index is 888. The van der Waals surface area contributed by atoms with Gasteiger partial charge in [0.05, 0.1) is 37.3 Å². The molecule has 0 saturated heterocycles. The van der Waals surface area contributed by atoms with Crippen LogP contribution < -0.4 is 14.8 Å². The molecule has 146 valence electrons. The fourth-order valence-corrected chi connectivity index (χ4v) is 3.42. The van der Waals surface area contributed by atoms with E-state index < -0.39 is 18.5 Å². The number of methoxy groups -OCH3 is 2. The lowest BCUT2D eigenvalue weighted by atomic mass is 10.2. The quantitative estimate of drug-likeness (QED) is 0.467. The van der Waals surface area contributed by atoms with Crippen LogP contribution >= 0.6 is 27.7 Å². The fourth-order valence-electron chi connectivity index (χ4n) is 2.19. The maximum absolute atomic E-state index is 12.3. The van der Waals surface area contributed by atoms with Crippen LogP contribution in [0.2, 0.25) is 0 Å². The van der Waals surface area contributed by atoms with Gasteiger partial charge in [-0.2, -0.15) is 5.26 Å². The zero-order valence-electron chi connectivity index (χ0n) is 15.2. The summed E-state index contributed by atoms with van der Waals surface area (Å²) in [5.74, 6) is -0.117. The maximum atomic E-state index is 12.3. The van der Waals surface area contributed by atoms with E-state index >= 15 is 0 Å². The lowest BCUT2D eigenvalue weighted by Gasteiger charge is -2.12. The van der Waals surface area contributed by atoms with E-state index in [-0.39, 0.29) is 11.3 Å². The molecule has 0 fully saturated rings. The van der Waals surface area contributed by atoms with E-state index in [1.807, 2.05) is 12.1 Å². The number of nitrogens with one attached hydrogen (secondary N) is 1. The molecule has 9 heteroatoms. The molecule has 7 nitrogen and oxygen atoms in total. The zero-order chi connectivity index (χ0) is 20.5. The highest BCUT2D eigenvalue weighted by molar-refractivity contribution is 9.10. The van der Waals surface area contributed by atoms with Crippen LogP contribution in [0.25, 0.3) is 0 Å². The molecular formula is C19H17BrN2O5S. The van der Waals surface area contributed by atoms with Crippen LogP contribution in [0, 0.1) is 11.3 Å². The van der Waals surface area contributed by atoms with E-state index in [1.165, 1.54) is 38.1 Å². The molecule has 2 aromatic rings. The van der Waals surface area contributed by atoms with Gasteiger partial charge in [-0.1, -0.05) is 12.1 Å². The molecule has 2 aromatic carbocycles. The molecule has 0 aliphatic carbocycles. The molecular weight excluding hydrogens is 448 g/mol. The Balaban J connectivity index is 2.02. The monoisotopic (exact) mass is 464 g/mol. The fraction of sp³-hybridized carbons (Fsp3) is 0.211. The molecule has 28 heavy (non-hydrogen) atoms. The molecule has 0 heterocycles. The minimum absolute atomic E-state index is 0.190. The van der Waals surface area contributed by atoms with Crippen LogP contribution in [-0.2, 0) is 9.53 Å². The summed E-state index contributed by atoms with van der Waals surface area (Å²) in [6.45, 7) is -0.462. The van der Waals surface area contributed by atoms with Crippen molar-refractivity contribution in [1.29, 1.82) is 5.26 Å². The minimum Gasteiger partial charge on any atom is -0.495 e. The van der Waals surface area contributed by atoms with Crippen LogP contribution in [0.5, 0.6) is 11.5 Å². The van der Waals surface area contributed by atoms with E-state index in [9.17, 15) is 9.59 Å². The van der Waals surface area contributed by atoms with Gasteiger partial charge in [0.1, 0.15) is 16.0 Å². The topological polar surface area (TPSA) is 97.6 Å². The number of benzene rings is 2. The molecule has 0 bridgehead atoms. The molecule has 0 spiro atoms. The smallest absolute Gasteiger partial charge is 0.338 e. The number of carbonyl (C=O) groups excluding carboxylic acids is 2. The van der Waals surface area contributed by atoms with E-state index in [0.717, 1.165) is 4.90 Å². The highest BCUT2D eigenvalue weighted by Crippen LogP contribution is 2.35. The first kappa shape index (κ1) is 21.6. The van der Waals surface area contributed by atoms with Crippen LogP contribution in [0.1, 0.15) is 10.4 Å². The summed E-state index contributed by atoms with van der Waals surface area (Å²) in [5, 5.41) is 11.4. The van der Waals surface area contributed by atoms with Gasteiger partial charge in [-0.25, -0.2) is 4.79 Å². The molecule has 1 amide bonds. The lowest BCUT2D eigenvalue weighted by Crippen LogP contribution is -2.21. The zero-order valence-corrected chi connectivity index (χ0v) is 17.6. The van der Waals surface area contributed by atoms with Crippen LogP contribution in [0.3, 0.4) is 0 Å². The van der Waals surface area contributed by atoms with Gasteiger partial charge in [0.2, 0.25) is 0 Å². The highest BCUT2D eigenvalue weighted by Gasteiger charge is 2.17. The number of halogens is 1. The normalized spacial score (nSPS) is 9.93. The number of hydrogen-bond acceptors (Lipinski definition) is 7. The number of carbonyl (C=O) groups is 2. The van der Waals surface area contributed by atoms with E-state index in [2.05, 4.69) is 21.2 Å². The van der Waals surface area contributed by atoms with Gasteiger partial charge in [0.15, 0.2) is 6.61 Å². The summed E-state index contributed by atoms with van der Waals surface area (Å²) in [6.07, 6.45) is 0. The molecule has 0 saturated carbocycles. The third-order valence-electron chi connectivity index (χ3n) is 3.47. The number of ether oxygens (including phenoxy) is 3. The number of para-hydroxylation sites is 1. The number of esters is 1. The maximum Gasteiger partial charge on any atom is 0.338 e. The number of hydrogen-bond donors (Lipinski definition) is 1. The minimum atomic E-state index is -0.689. The second-order valence-corrected chi connectivity index (χ2v) is 7.07. The summed E-state index contributed by atoms with van der Waals surface area (Å²) in [6, 6.07) is 12.1. The summed E-state index contributed by atoms with van der Waals surface area (Å²) in [7, 11) is 2.92. The van der Waals surface area contributed by atoms with Gasteiger partial charge in [-0.15, -0.1) is 11.8 Å². The van der Waals surface area contributed by atoms with E-state index in [1.54, 1.807) is 18.2 Å². The Morgan fingerprint density at radius 3 is 2.43 bits per heavy atom. The predicted molar refractivity (Wildman–Crippen MR) is 109 cm³/mol. The molecule has 2 rings (SSSR count). The van der Waals surface area contributed by atoms with Gasteiger partial charge < -0.3 is 19.5 Å². The molecule has 0 radical (unpaired) electrons. The van der Waals surface area contributed by atoms with Crippen LogP contribution in [0.15, 0.2) is 45.8 Å². The Morgan fingerprint density at radius 2 is 1.82 bits per heavy atom. The highest BCUT2D eigenvalue weighted by atomic mass is 79.9. The number of amides is 1. The molecule has 0 atom stereocenters. The predicted octanol–water partition coefficient (Wildman–Crippen LogP) is 3.88. The molecule has 0 unspecified atom stereocenters. The first-order valence-electron chi connectivity index (χ1n) is 7.97. The third kappa shape index (κ3) is 5.65. The summed E-state index contributed by atoms with van der Waals surface area (Å²) in [4.78, 5) is 25.2. The second kappa shape index (κ2) is 10.6. The van der Waals surface area contributed by atoms with Crippen molar-refractivity contribution in [3.63, 3.8) is 0 Å². The van der Waals surface area contributed by atoms with E-state index in [0.29, 0.717) is 21.7 Å². The van der Waals surface area contributed by atoms with Gasteiger partial charge in [0, 0.05) is 4.90 Å². The van der Waals surface area contributed by atoms with Crippen molar-refractivity contribution in [1.82, 2.24) is 0 Å².